The van der Waals surface area contributed by atoms with Gasteiger partial charge in [0, 0.05) is 5.69 Å². The summed E-state index contributed by atoms with van der Waals surface area (Å²) >= 11 is 0. The van der Waals surface area contributed by atoms with Gasteiger partial charge in [0.1, 0.15) is 6.04 Å². The van der Waals surface area contributed by atoms with Crippen LogP contribution >= 0.6 is 0 Å². The lowest BCUT2D eigenvalue weighted by molar-refractivity contribution is -0.150. The predicted octanol–water partition coefficient (Wildman–Crippen LogP) is 2.52. The maximum Gasteiger partial charge on any atom is 0.329 e. The maximum absolute atomic E-state index is 12.2. The van der Waals surface area contributed by atoms with E-state index in [1.165, 1.54) is 12.3 Å². The molecule has 1 aromatic heterocycles. The second-order valence-corrected chi connectivity index (χ2v) is 6.19. The number of aryl methyl sites for hydroxylation is 1. The molecule has 138 valence electrons. The molecule has 0 spiro atoms. The molecule has 0 aliphatic rings. The fourth-order valence-corrected chi connectivity index (χ4v) is 2.18. The van der Waals surface area contributed by atoms with Gasteiger partial charge in [-0.1, -0.05) is 31.5 Å². The maximum atomic E-state index is 12.2. The fourth-order valence-electron chi connectivity index (χ4n) is 2.18. The van der Waals surface area contributed by atoms with Crippen molar-refractivity contribution in [2.45, 2.75) is 26.8 Å². The molecule has 0 saturated heterocycles. The third-order valence-electron chi connectivity index (χ3n) is 3.63. The summed E-state index contributed by atoms with van der Waals surface area (Å²) in [7, 11) is 0. The van der Waals surface area contributed by atoms with Gasteiger partial charge in [0.2, 0.25) is 0 Å². The topological polar surface area (TPSA) is 97.6 Å². The van der Waals surface area contributed by atoms with Crippen LogP contribution in [0.5, 0.6) is 0 Å². The summed E-state index contributed by atoms with van der Waals surface area (Å²) in [6.07, 6.45) is 1.37. The Hall–Kier alpha value is -3.09. The minimum atomic E-state index is -0.889. The molecule has 2 aromatic rings. The summed E-state index contributed by atoms with van der Waals surface area (Å²) in [5.41, 5.74) is 1.68. The molecular weight excluding hydrogens is 336 g/mol. The zero-order valence-corrected chi connectivity index (χ0v) is 14.9. The summed E-state index contributed by atoms with van der Waals surface area (Å²) in [6.45, 7) is 5.03. The third-order valence-corrected chi connectivity index (χ3v) is 3.63. The van der Waals surface area contributed by atoms with E-state index in [1.807, 2.05) is 19.1 Å². The highest BCUT2D eigenvalue weighted by molar-refractivity contribution is 5.96. The van der Waals surface area contributed by atoms with Crippen LogP contribution in [-0.2, 0) is 14.3 Å². The van der Waals surface area contributed by atoms with E-state index in [2.05, 4.69) is 10.6 Å². The number of carbonyl (C=O) groups excluding carboxylic acids is 3. The van der Waals surface area contributed by atoms with Crippen molar-refractivity contribution in [3.05, 3.63) is 54.0 Å². The van der Waals surface area contributed by atoms with Gasteiger partial charge in [-0.15, -0.1) is 0 Å². The van der Waals surface area contributed by atoms with E-state index in [9.17, 15) is 14.4 Å². The van der Waals surface area contributed by atoms with Gasteiger partial charge in [-0.25, -0.2) is 4.79 Å². The molecule has 0 aliphatic carbocycles. The molecule has 1 aromatic carbocycles. The number of esters is 1. The van der Waals surface area contributed by atoms with Crippen LogP contribution < -0.4 is 10.6 Å². The van der Waals surface area contributed by atoms with Gasteiger partial charge in [0.25, 0.3) is 11.8 Å². The van der Waals surface area contributed by atoms with Gasteiger partial charge >= 0.3 is 5.97 Å². The van der Waals surface area contributed by atoms with Crippen LogP contribution in [0.15, 0.2) is 47.1 Å². The van der Waals surface area contributed by atoms with E-state index in [0.717, 1.165) is 5.56 Å². The normalized spacial score (nSPS) is 11.7. The molecule has 7 heteroatoms. The van der Waals surface area contributed by atoms with Gasteiger partial charge < -0.3 is 19.8 Å². The molecule has 0 saturated carbocycles. The van der Waals surface area contributed by atoms with E-state index < -0.39 is 30.4 Å². The van der Waals surface area contributed by atoms with Crippen molar-refractivity contribution in [3.8, 4) is 0 Å². The Bertz CT molecular complexity index is 751. The smallest absolute Gasteiger partial charge is 0.329 e. The summed E-state index contributed by atoms with van der Waals surface area (Å²) < 4.78 is 10.0. The van der Waals surface area contributed by atoms with E-state index >= 15 is 0 Å². The Labute approximate surface area is 151 Å². The number of hydrogen-bond donors (Lipinski definition) is 2. The summed E-state index contributed by atoms with van der Waals surface area (Å²) in [5.74, 6) is -1.78. The first-order valence-corrected chi connectivity index (χ1v) is 8.24. The highest BCUT2D eigenvalue weighted by atomic mass is 16.5. The third kappa shape index (κ3) is 5.47. The lowest BCUT2D eigenvalue weighted by Gasteiger charge is -2.20. The molecule has 26 heavy (non-hydrogen) atoms. The highest BCUT2D eigenvalue weighted by Crippen LogP contribution is 2.09. The molecule has 1 heterocycles. The first kappa shape index (κ1) is 19.2. The van der Waals surface area contributed by atoms with Crippen LogP contribution in [0.4, 0.5) is 5.69 Å². The zero-order chi connectivity index (χ0) is 19.1. The van der Waals surface area contributed by atoms with Crippen LogP contribution in [0, 0.1) is 12.8 Å². The first-order valence-electron chi connectivity index (χ1n) is 8.24. The molecule has 1 atom stereocenters. The van der Waals surface area contributed by atoms with Crippen molar-refractivity contribution in [1.29, 1.82) is 0 Å². The minimum Gasteiger partial charge on any atom is -0.459 e. The minimum absolute atomic E-state index is 0.0977. The molecule has 0 bridgehead atoms. The number of anilines is 1. The van der Waals surface area contributed by atoms with Crippen LogP contribution in [0.1, 0.15) is 30.0 Å². The van der Waals surface area contributed by atoms with Gasteiger partial charge in [0.15, 0.2) is 12.4 Å². The number of carbonyl (C=O) groups is 3. The second-order valence-electron chi connectivity index (χ2n) is 6.19. The standard InChI is InChI=1S/C19H22N2O5/c1-12(2)17(21-18(23)15-5-4-10-25-15)19(24)26-11-16(22)20-14-8-6-13(3)7-9-14/h4-10,12,17H,11H2,1-3H3,(H,20,22)(H,21,23). The van der Waals surface area contributed by atoms with Gasteiger partial charge in [-0.05, 0) is 37.1 Å². The monoisotopic (exact) mass is 358 g/mol. The van der Waals surface area contributed by atoms with Crippen molar-refractivity contribution >= 4 is 23.5 Å². The van der Waals surface area contributed by atoms with E-state index in [4.69, 9.17) is 9.15 Å². The number of hydrogen-bond acceptors (Lipinski definition) is 5. The van der Waals surface area contributed by atoms with Gasteiger partial charge in [-0.3, -0.25) is 9.59 Å². The van der Waals surface area contributed by atoms with E-state index in [-0.39, 0.29) is 11.7 Å². The van der Waals surface area contributed by atoms with Crippen LogP contribution in [0.2, 0.25) is 0 Å². The molecule has 2 rings (SSSR count). The highest BCUT2D eigenvalue weighted by Gasteiger charge is 2.27. The van der Waals surface area contributed by atoms with E-state index in [1.54, 1.807) is 32.0 Å². The lowest BCUT2D eigenvalue weighted by atomic mass is 10.0. The summed E-state index contributed by atoms with van der Waals surface area (Å²) in [4.78, 5) is 36.2. The molecule has 2 N–H and O–H groups in total. The number of furan rings is 1. The second kappa shape index (κ2) is 8.84. The first-order chi connectivity index (χ1) is 12.4. The van der Waals surface area contributed by atoms with Gasteiger partial charge in [-0.2, -0.15) is 0 Å². The Morgan fingerprint density at radius 1 is 1.12 bits per heavy atom. The molecule has 1 unspecified atom stereocenters. The SMILES string of the molecule is Cc1ccc(NC(=O)COC(=O)C(NC(=O)c2ccco2)C(C)C)cc1. The number of nitrogens with one attached hydrogen (secondary N) is 2. The van der Waals surface area contributed by atoms with Crippen LogP contribution in [-0.4, -0.2) is 30.4 Å². The Morgan fingerprint density at radius 2 is 1.81 bits per heavy atom. The number of benzene rings is 1. The van der Waals surface area contributed by atoms with Crippen molar-refractivity contribution in [2.75, 3.05) is 11.9 Å². The summed E-state index contributed by atoms with van der Waals surface area (Å²) in [6, 6.07) is 9.42. The molecule has 2 amide bonds. The number of amides is 2. The Morgan fingerprint density at radius 3 is 2.38 bits per heavy atom. The summed E-state index contributed by atoms with van der Waals surface area (Å²) in [5, 5.41) is 5.20. The largest absolute Gasteiger partial charge is 0.459 e. The predicted molar refractivity (Wildman–Crippen MR) is 95.6 cm³/mol. The van der Waals surface area contributed by atoms with Crippen molar-refractivity contribution < 1.29 is 23.5 Å². The van der Waals surface area contributed by atoms with E-state index in [0.29, 0.717) is 5.69 Å². The average molecular weight is 358 g/mol. The quantitative estimate of drug-likeness (QED) is 0.741. The van der Waals surface area contributed by atoms with Crippen molar-refractivity contribution in [2.24, 2.45) is 5.92 Å². The zero-order valence-electron chi connectivity index (χ0n) is 14.9. The van der Waals surface area contributed by atoms with Crippen molar-refractivity contribution in [3.63, 3.8) is 0 Å². The van der Waals surface area contributed by atoms with Crippen LogP contribution in [0.25, 0.3) is 0 Å². The Kier molecular flexibility index (Phi) is 6.54. The molecule has 0 radical (unpaired) electrons. The number of rotatable bonds is 7. The molecule has 0 fully saturated rings. The Balaban J connectivity index is 1.87. The number of ether oxygens (including phenoxy) is 1. The molecular formula is C19H22N2O5. The van der Waals surface area contributed by atoms with Crippen molar-refractivity contribution in [1.82, 2.24) is 5.32 Å². The molecule has 0 aliphatic heterocycles. The fraction of sp³-hybridized carbons (Fsp3) is 0.316. The lowest BCUT2D eigenvalue weighted by Crippen LogP contribution is -2.45. The van der Waals surface area contributed by atoms with Crippen LogP contribution in [0.3, 0.4) is 0 Å². The molecule has 7 nitrogen and oxygen atoms in total. The average Bonchev–Trinajstić information content (AvgIpc) is 3.14. The van der Waals surface area contributed by atoms with Gasteiger partial charge in [0.05, 0.1) is 6.26 Å².